The number of hydrogen-bond donors (Lipinski definition) is 3. The van der Waals surface area contributed by atoms with Gasteiger partial charge in [0.1, 0.15) is 0 Å². The molecule has 1 aromatic carbocycles. The first-order chi connectivity index (χ1) is 11.1. The second-order valence-corrected chi connectivity index (χ2v) is 6.26. The van der Waals surface area contributed by atoms with Crippen LogP contribution in [0.1, 0.15) is 31.9 Å². The summed E-state index contributed by atoms with van der Waals surface area (Å²) < 4.78 is 0. The summed E-state index contributed by atoms with van der Waals surface area (Å²) in [5, 5.41) is 16.3. The van der Waals surface area contributed by atoms with E-state index in [9.17, 15) is 9.90 Å². The van der Waals surface area contributed by atoms with Gasteiger partial charge in [0.2, 0.25) is 5.91 Å². The number of carbonyl (C=O) groups is 1. The van der Waals surface area contributed by atoms with Gasteiger partial charge in [0, 0.05) is 18.1 Å². The maximum absolute atomic E-state index is 12.3. The molecule has 0 radical (unpaired) electrons. The van der Waals surface area contributed by atoms with Gasteiger partial charge >= 0.3 is 0 Å². The first-order valence-corrected chi connectivity index (χ1v) is 8.62. The highest BCUT2D eigenvalue weighted by Gasteiger charge is 2.29. The number of amides is 1. The molecule has 0 spiro atoms. The third kappa shape index (κ3) is 4.67. The van der Waals surface area contributed by atoms with E-state index in [1.165, 1.54) is 0 Å². The van der Waals surface area contributed by atoms with Crippen LogP contribution in [-0.4, -0.2) is 54.2 Å². The van der Waals surface area contributed by atoms with E-state index in [4.69, 9.17) is 11.6 Å². The number of nitrogens with one attached hydrogen (secondary N) is 2. The second-order valence-electron chi connectivity index (χ2n) is 5.85. The second kappa shape index (κ2) is 8.64. The van der Waals surface area contributed by atoms with E-state index in [0.29, 0.717) is 24.5 Å². The highest BCUT2D eigenvalue weighted by molar-refractivity contribution is 6.31. The molecule has 5 nitrogen and oxygen atoms in total. The zero-order valence-corrected chi connectivity index (χ0v) is 14.5. The molecule has 1 fully saturated rings. The first kappa shape index (κ1) is 18.2. The first-order valence-electron chi connectivity index (χ1n) is 8.24. The van der Waals surface area contributed by atoms with Crippen LogP contribution in [-0.2, 0) is 4.79 Å². The summed E-state index contributed by atoms with van der Waals surface area (Å²) in [4.78, 5) is 14.6. The maximum Gasteiger partial charge on any atom is 0.237 e. The smallest absolute Gasteiger partial charge is 0.237 e. The van der Waals surface area contributed by atoms with Crippen molar-refractivity contribution in [2.75, 3.05) is 26.2 Å². The molecule has 0 saturated carbocycles. The van der Waals surface area contributed by atoms with Gasteiger partial charge in [-0.05, 0) is 31.1 Å². The minimum atomic E-state index is -0.437. The Morgan fingerprint density at radius 2 is 2.13 bits per heavy atom. The van der Waals surface area contributed by atoms with Gasteiger partial charge in [-0.25, -0.2) is 0 Å². The Morgan fingerprint density at radius 3 is 2.70 bits per heavy atom. The topological polar surface area (TPSA) is 64.6 Å². The zero-order chi connectivity index (χ0) is 16.8. The average molecular weight is 340 g/mol. The van der Waals surface area contributed by atoms with Crippen LogP contribution in [0, 0.1) is 0 Å². The van der Waals surface area contributed by atoms with Crippen molar-refractivity contribution in [3.05, 3.63) is 34.9 Å². The summed E-state index contributed by atoms with van der Waals surface area (Å²) >= 11 is 6.35. The minimum absolute atomic E-state index is 0.0361. The van der Waals surface area contributed by atoms with E-state index >= 15 is 0 Å². The van der Waals surface area contributed by atoms with Crippen molar-refractivity contribution < 1.29 is 9.90 Å². The van der Waals surface area contributed by atoms with Crippen LogP contribution in [0.3, 0.4) is 0 Å². The van der Waals surface area contributed by atoms with Gasteiger partial charge in [-0.15, -0.1) is 0 Å². The largest absolute Gasteiger partial charge is 0.392 e. The van der Waals surface area contributed by atoms with E-state index in [0.717, 1.165) is 18.7 Å². The maximum atomic E-state index is 12.3. The summed E-state index contributed by atoms with van der Waals surface area (Å²) in [6.07, 6.45) is 0.0290. The number of β-amino-alcohol motifs (C(OH)–C–C–N with tert-alkyl or cyclic N) is 1. The number of aliphatic hydroxyl groups excluding tert-OH is 1. The van der Waals surface area contributed by atoms with E-state index in [1.54, 1.807) is 0 Å². The molecule has 1 aliphatic rings. The molecule has 1 aromatic rings. The zero-order valence-electron chi connectivity index (χ0n) is 13.8. The molecule has 23 heavy (non-hydrogen) atoms. The summed E-state index contributed by atoms with van der Waals surface area (Å²) in [6, 6.07) is 7.49. The highest BCUT2D eigenvalue weighted by Crippen LogP contribution is 2.27. The van der Waals surface area contributed by atoms with Gasteiger partial charge in [0.25, 0.3) is 0 Å². The fraction of sp³-hybridized carbons (Fsp3) is 0.588. The van der Waals surface area contributed by atoms with Crippen LogP contribution in [0.2, 0.25) is 5.02 Å². The number of carbonyl (C=O) groups excluding carboxylic acids is 1. The molecule has 128 valence electrons. The molecule has 2 rings (SSSR count). The number of nitrogens with zero attached hydrogens (tertiary/aromatic N) is 1. The van der Waals surface area contributed by atoms with Gasteiger partial charge in [-0.2, -0.15) is 0 Å². The molecule has 0 bridgehead atoms. The lowest BCUT2D eigenvalue weighted by Crippen LogP contribution is -2.44. The number of rotatable bonds is 7. The number of hydrogen-bond acceptors (Lipinski definition) is 4. The van der Waals surface area contributed by atoms with Crippen LogP contribution in [0.15, 0.2) is 24.3 Å². The molecule has 0 aliphatic carbocycles. The molecule has 1 aliphatic heterocycles. The van der Waals surface area contributed by atoms with Gasteiger partial charge in [0.05, 0.1) is 18.2 Å². The van der Waals surface area contributed by atoms with Crippen LogP contribution in [0.5, 0.6) is 0 Å². The van der Waals surface area contributed by atoms with Crippen molar-refractivity contribution in [1.29, 1.82) is 0 Å². The van der Waals surface area contributed by atoms with E-state index in [2.05, 4.69) is 29.4 Å². The fourth-order valence-electron chi connectivity index (χ4n) is 3.08. The summed E-state index contributed by atoms with van der Waals surface area (Å²) in [7, 11) is 0. The molecule has 0 aromatic heterocycles. The van der Waals surface area contributed by atoms with Gasteiger partial charge in [-0.3, -0.25) is 9.69 Å². The van der Waals surface area contributed by atoms with E-state index < -0.39 is 6.10 Å². The standard InChI is InChI=1S/C17H26ClN3O2/c1-3-21(4-2)16(13-7-5-6-8-14(13)18)11-20-17(23)15-9-12(22)10-19-15/h5-8,12,15-16,19,22H,3-4,9-11H2,1-2H3,(H,20,23). The van der Waals surface area contributed by atoms with Crippen LogP contribution in [0.25, 0.3) is 0 Å². The number of benzene rings is 1. The average Bonchev–Trinajstić information content (AvgIpc) is 2.98. The molecular weight excluding hydrogens is 314 g/mol. The lowest BCUT2D eigenvalue weighted by Gasteiger charge is -2.31. The summed E-state index contributed by atoms with van der Waals surface area (Å²) in [6.45, 7) is 6.93. The summed E-state index contributed by atoms with van der Waals surface area (Å²) in [5.74, 6) is -0.0641. The van der Waals surface area contributed by atoms with Crippen molar-refractivity contribution in [2.45, 2.75) is 38.5 Å². The molecule has 1 heterocycles. The molecule has 3 atom stereocenters. The highest BCUT2D eigenvalue weighted by atomic mass is 35.5. The number of aliphatic hydroxyl groups is 1. The lowest BCUT2D eigenvalue weighted by molar-refractivity contribution is -0.123. The van der Waals surface area contributed by atoms with E-state index in [-0.39, 0.29) is 18.0 Å². The van der Waals surface area contributed by atoms with Crippen LogP contribution >= 0.6 is 11.6 Å². The van der Waals surface area contributed by atoms with Crippen molar-refractivity contribution in [3.63, 3.8) is 0 Å². The molecular formula is C17H26ClN3O2. The van der Waals surface area contributed by atoms with Crippen LogP contribution < -0.4 is 10.6 Å². The van der Waals surface area contributed by atoms with Gasteiger partial charge < -0.3 is 15.7 Å². The minimum Gasteiger partial charge on any atom is -0.392 e. The Hall–Kier alpha value is -1.14. The van der Waals surface area contributed by atoms with Crippen molar-refractivity contribution in [2.24, 2.45) is 0 Å². The predicted molar refractivity (Wildman–Crippen MR) is 92.5 cm³/mol. The molecule has 6 heteroatoms. The Morgan fingerprint density at radius 1 is 1.43 bits per heavy atom. The molecule has 1 amide bonds. The van der Waals surface area contributed by atoms with Gasteiger partial charge in [0.15, 0.2) is 0 Å². The Bertz CT molecular complexity index is 522. The summed E-state index contributed by atoms with van der Waals surface area (Å²) in [5.41, 5.74) is 1.03. The quantitative estimate of drug-likeness (QED) is 0.705. The predicted octanol–water partition coefficient (Wildman–Crippen LogP) is 1.56. The molecule has 3 unspecified atom stereocenters. The Kier molecular flexibility index (Phi) is 6.84. The van der Waals surface area contributed by atoms with Crippen molar-refractivity contribution in [1.82, 2.24) is 15.5 Å². The van der Waals surface area contributed by atoms with Crippen LogP contribution in [0.4, 0.5) is 0 Å². The van der Waals surface area contributed by atoms with Crippen molar-refractivity contribution in [3.8, 4) is 0 Å². The normalized spacial score (nSPS) is 22.3. The number of likely N-dealkylation sites (N-methyl/N-ethyl adjacent to an activating group) is 1. The Labute approximate surface area is 143 Å². The SMILES string of the molecule is CCN(CC)C(CNC(=O)C1CC(O)CN1)c1ccccc1Cl. The molecule has 3 N–H and O–H groups in total. The van der Waals surface area contributed by atoms with Crippen molar-refractivity contribution >= 4 is 17.5 Å². The Balaban J connectivity index is 2.06. The fourth-order valence-corrected chi connectivity index (χ4v) is 3.34. The molecule has 1 saturated heterocycles. The monoisotopic (exact) mass is 339 g/mol. The lowest BCUT2D eigenvalue weighted by atomic mass is 10.0. The third-order valence-electron chi connectivity index (χ3n) is 4.41. The van der Waals surface area contributed by atoms with Gasteiger partial charge in [-0.1, -0.05) is 43.6 Å². The van der Waals surface area contributed by atoms with E-state index in [1.807, 2.05) is 24.3 Å². The number of halogens is 1. The third-order valence-corrected chi connectivity index (χ3v) is 4.76.